The summed E-state index contributed by atoms with van der Waals surface area (Å²) in [5, 5.41) is 2.70. The highest BCUT2D eigenvalue weighted by molar-refractivity contribution is 6.06. The molecule has 0 saturated heterocycles. The van der Waals surface area contributed by atoms with E-state index in [1.165, 1.54) is 31.4 Å². The smallest absolute Gasteiger partial charge is 0.465 e. The molecule has 0 aliphatic rings. The van der Waals surface area contributed by atoms with Crippen molar-refractivity contribution >= 4 is 29.8 Å². The standard InChI is InChI=1S/C27H25NO6/c1-18-8-11-20(12-9-18)13-10-19(2)33-27(31)34-24-7-5-4-6-23(24)25(29)28-22-16-14-21(15-17-22)26(30)32-3/h4-17,19H,1-3H3,(H,28,29)/b13-10+. The predicted molar refractivity (Wildman–Crippen MR) is 129 cm³/mol. The van der Waals surface area contributed by atoms with E-state index >= 15 is 0 Å². The fourth-order valence-electron chi connectivity index (χ4n) is 2.98. The van der Waals surface area contributed by atoms with E-state index in [0.717, 1.165) is 11.1 Å². The maximum absolute atomic E-state index is 12.8. The maximum Gasteiger partial charge on any atom is 0.514 e. The lowest BCUT2D eigenvalue weighted by atomic mass is 10.1. The summed E-state index contributed by atoms with van der Waals surface area (Å²) < 4.78 is 15.2. The summed E-state index contributed by atoms with van der Waals surface area (Å²) in [6.45, 7) is 3.72. The molecule has 1 atom stereocenters. The lowest BCUT2D eigenvalue weighted by Gasteiger charge is -2.12. The summed E-state index contributed by atoms with van der Waals surface area (Å²) in [5.41, 5.74) is 3.11. The molecular formula is C27H25NO6. The first kappa shape index (κ1) is 24.3. The number of benzene rings is 3. The second-order valence-electron chi connectivity index (χ2n) is 7.46. The Hall–Kier alpha value is -4.39. The molecule has 0 aliphatic heterocycles. The molecule has 7 heteroatoms. The van der Waals surface area contributed by atoms with Crippen molar-refractivity contribution in [2.75, 3.05) is 12.4 Å². The summed E-state index contributed by atoms with van der Waals surface area (Å²) >= 11 is 0. The number of aryl methyl sites for hydroxylation is 1. The van der Waals surface area contributed by atoms with Gasteiger partial charge in [0.15, 0.2) is 0 Å². The number of hydrogen-bond donors (Lipinski definition) is 1. The minimum absolute atomic E-state index is 0.0610. The largest absolute Gasteiger partial charge is 0.514 e. The van der Waals surface area contributed by atoms with Crippen LogP contribution in [0, 0.1) is 6.92 Å². The fraction of sp³-hybridized carbons (Fsp3) is 0.148. The number of methoxy groups -OCH3 is 1. The zero-order chi connectivity index (χ0) is 24.5. The van der Waals surface area contributed by atoms with Crippen LogP contribution in [0.3, 0.4) is 0 Å². The van der Waals surface area contributed by atoms with Crippen LogP contribution >= 0.6 is 0 Å². The topological polar surface area (TPSA) is 90.9 Å². The Bertz CT molecular complexity index is 1180. The molecule has 174 valence electrons. The zero-order valence-corrected chi connectivity index (χ0v) is 19.1. The molecule has 0 fully saturated rings. The average molecular weight is 459 g/mol. The molecule has 0 spiro atoms. The molecule has 3 rings (SSSR count). The van der Waals surface area contributed by atoms with Crippen molar-refractivity contribution in [1.29, 1.82) is 0 Å². The van der Waals surface area contributed by atoms with Crippen LogP contribution in [0.5, 0.6) is 5.75 Å². The first-order valence-corrected chi connectivity index (χ1v) is 10.6. The van der Waals surface area contributed by atoms with Crippen LogP contribution in [0.25, 0.3) is 6.08 Å². The van der Waals surface area contributed by atoms with Gasteiger partial charge in [-0.2, -0.15) is 0 Å². The molecule has 0 aromatic heterocycles. The van der Waals surface area contributed by atoms with E-state index < -0.39 is 24.1 Å². The quantitative estimate of drug-likeness (QED) is 0.363. The van der Waals surface area contributed by atoms with E-state index in [-0.39, 0.29) is 11.3 Å². The molecule has 0 aliphatic carbocycles. The molecule has 1 unspecified atom stereocenters. The molecule has 1 amide bonds. The van der Waals surface area contributed by atoms with E-state index in [1.54, 1.807) is 37.3 Å². The van der Waals surface area contributed by atoms with Gasteiger partial charge in [0, 0.05) is 5.69 Å². The summed E-state index contributed by atoms with van der Waals surface area (Å²) in [7, 11) is 1.29. The fourth-order valence-corrected chi connectivity index (χ4v) is 2.98. The summed E-state index contributed by atoms with van der Waals surface area (Å²) in [6.07, 6.45) is 2.12. The Morgan fingerprint density at radius 2 is 1.59 bits per heavy atom. The third kappa shape index (κ3) is 6.80. The number of ether oxygens (including phenoxy) is 3. The van der Waals surface area contributed by atoms with Crippen molar-refractivity contribution < 1.29 is 28.6 Å². The van der Waals surface area contributed by atoms with Crippen molar-refractivity contribution in [3.63, 3.8) is 0 Å². The SMILES string of the molecule is COC(=O)c1ccc(NC(=O)c2ccccc2OC(=O)OC(C)/C=C/c2ccc(C)cc2)cc1. The number of rotatable bonds is 7. The first-order chi connectivity index (χ1) is 16.4. The van der Waals surface area contributed by atoms with Crippen molar-refractivity contribution in [1.82, 2.24) is 0 Å². The molecule has 3 aromatic carbocycles. The lowest BCUT2D eigenvalue weighted by molar-refractivity contribution is 0.0600. The summed E-state index contributed by atoms with van der Waals surface area (Å²) in [5.74, 6) is -0.898. The van der Waals surface area contributed by atoms with Gasteiger partial charge in [-0.05, 0) is 61.9 Å². The third-order valence-electron chi connectivity index (χ3n) is 4.81. The van der Waals surface area contributed by atoms with Crippen LogP contribution in [-0.4, -0.2) is 31.2 Å². The molecule has 0 bridgehead atoms. The zero-order valence-electron chi connectivity index (χ0n) is 19.1. The molecule has 3 aromatic rings. The van der Waals surface area contributed by atoms with Crippen LogP contribution in [0.2, 0.25) is 0 Å². The predicted octanol–water partition coefficient (Wildman–Crippen LogP) is 5.65. The second-order valence-corrected chi connectivity index (χ2v) is 7.46. The van der Waals surface area contributed by atoms with Gasteiger partial charge >= 0.3 is 12.1 Å². The van der Waals surface area contributed by atoms with Crippen molar-refractivity contribution in [2.45, 2.75) is 20.0 Å². The molecule has 1 N–H and O–H groups in total. The molecule has 0 heterocycles. The monoisotopic (exact) mass is 459 g/mol. The number of para-hydroxylation sites is 1. The van der Waals surface area contributed by atoms with E-state index in [1.807, 2.05) is 37.3 Å². The van der Waals surface area contributed by atoms with Crippen LogP contribution in [0.15, 0.2) is 78.9 Å². The molecule has 0 saturated carbocycles. The number of hydrogen-bond acceptors (Lipinski definition) is 6. The van der Waals surface area contributed by atoms with Crippen molar-refractivity contribution in [2.24, 2.45) is 0 Å². The summed E-state index contributed by atoms with van der Waals surface area (Å²) in [6, 6.07) is 20.5. The minimum Gasteiger partial charge on any atom is -0.465 e. The van der Waals surface area contributed by atoms with Crippen LogP contribution in [-0.2, 0) is 9.47 Å². The van der Waals surface area contributed by atoms with Crippen molar-refractivity contribution in [3.05, 3.63) is 101 Å². The van der Waals surface area contributed by atoms with Crippen LogP contribution in [0.4, 0.5) is 10.5 Å². The second kappa shape index (κ2) is 11.5. The molecule has 7 nitrogen and oxygen atoms in total. The number of carbonyl (C=O) groups is 3. The van der Waals surface area contributed by atoms with E-state index in [2.05, 4.69) is 10.1 Å². The van der Waals surface area contributed by atoms with Gasteiger partial charge < -0.3 is 19.5 Å². The Kier molecular flexibility index (Phi) is 8.18. The minimum atomic E-state index is -0.927. The van der Waals surface area contributed by atoms with Crippen molar-refractivity contribution in [3.8, 4) is 5.75 Å². The lowest BCUT2D eigenvalue weighted by Crippen LogP contribution is -2.19. The van der Waals surface area contributed by atoms with Crippen LogP contribution in [0.1, 0.15) is 38.8 Å². The Morgan fingerprint density at radius 3 is 2.26 bits per heavy atom. The maximum atomic E-state index is 12.8. The molecule has 0 radical (unpaired) electrons. The van der Waals surface area contributed by atoms with Gasteiger partial charge in [0.1, 0.15) is 11.9 Å². The van der Waals surface area contributed by atoms with Gasteiger partial charge in [0.05, 0.1) is 18.2 Å². The number of amides is 1. The Morgan fingerprint density at radius 1 is 0.912 bits per heavy atom. The Labute approximate surface area is 198 Å². The number of esters is 1. The van der Waals surface area contributed by atoms with E-state index in [9.17, 15) is 14.4 Å². The highest BCUT2D eigenvalue weighted by Gasteiger charge is 2.17. The van der Waals surface area contributed by atoms with Gasteiger partial charge in [0.25, 0.3) is 5.91 Å². The number of nitrogens with one attached hydrogen (secondary N) is 1. The highest BCUT2D eigenvalue weighted by atomic mass is 16.7. The molecule has 34 heavy (non-hydrogen) atoms. The van der Waals surface area contributed by atoms with Gasteiger partial charge in [0.2, 0.25) is 0 Å². The highest BCUT2D eigenvalue weighted by Crippen LogP contribution is 2.21. The third-order valence-corrected chi connectivity index (χ3v) is 4.81. The first-order valence-electron chi connectivity index (χ1n) is 10.6. The van der Waals surface area contributed by atoms with Crippen LogP contribution < -0.4 is 10.1 Å². The van der Waals surface area contributed by atoms with E-state index in [0.29, 0.717) is 11.3 Å². The van der Waals surface area contributed by atoms with E-state index in [4.69, 9.17) is 9.47 Å². The number of carbonyl (C=O) groups excluding carboxylic acids is 3. The molecular weight excluding hydrogens is 434 g/mol. The van der Waals surface area contributed by atoms with Gasteiger partial charge in [-0.25, -0.2) is 9.59 Å². The van der Waals surface area contributed by atoms with Gasteiger partial charge in [-0.15, -0.1) is 0 Å². The summed E-state index contributed by atoms with van der Waals surface area (Å²) in [4.78, 5) is 36.6. The average Bonchev–Trinajstić information content (AvgIpc) is 2.84. The van der Waals surface area contributed by atoms with Gasteiger partial charge in [-0.3, -0.25) is 4.79 Å². The Balaban J connectivity index is 1.61. The van der Waals surface area contributed by atoms with Gasteiger partial charge in [-0.1, -0.05) is 48.0 Å². The normalized spacial score (nSPS) is 11.5. The number of anilines is 1.